The summed E-state index contributed by atoms with van der Waals surface area (Å²) >= 11 is 0. The molecule has 3 N–H and O–H groups in total. The first-order valence-electron chi connectivity index (χ1n) is 12.6. The Morgan fingerprint density at radius 1 is 1.22 bits per heavy atom. The van der Waals surface area contributed by atoms with Gasteiger partial charge in [0.2, 0.25) is 0 Å². The minimum absolute atomic E-state index is 0.0207. The number of amides is 1. The number of aliphatic hydroxyl groups is 2. The number of imidazole rings is 1. The summed E-state index contributed by atoms with van der Waals surface area (Å²) in [6.07, 6.45) is -1.19. The van der Waals surface area contributed by atoms with Crippen molar-refractivity contribution in [3.05, 3.63) is 42.2 Å². The number of rotatable bonds is 11. The van der Waals surface area contributed by atoms with Gasteiger partial charge in [0.05, 0.1) is 19.0 Å². The van der Waals surface area contributed by atoms with Crippen LogP contribution in [-0.2, 0) is 0 Å². The number of ether oxygens (including phenoxy) is 3. The van der Waals surface area contributed by atoms with Gasteiger partial charge in [-0.3, -0.25) is 14.1 Å². The molecule has 2 aromatic heterocycles. The first kappa shape index (κ1) is 28.8. The molecule has 1 aromatic carbocycles. The van der Waals surface area contributed by atoms with Crippen LogP contribution in [0.5, 0.6) is 17.2 Å². The van der Waals surface area contributed by atoms with Crippen LogP contribution in [0.1, 0.15) is 23.2 Å². The number of carbonyl (C=O) groups excluding carboxylic acids is 1. The minimum Gasteiger partial charge on any atom is -0.496 e. The fourth-order valence-corrected chi connectivity index (χ4v) is 4.61. The van der Waals surface area contributed by atoms with E-state index in [-0.39, 0.29) is 36.3 Å². The van der Waals surface area contributed by atoms with Crippen molar-refractivity contribution in [2.24, 2.45) is 0 Å². The van der Waals surface area contributed by atoms with Gasteiger partial charge in [-0.2, -0.15) is 22.0 Å². The molecule has 1 amide bonds. The lowest BCUT2D eigenvalue weighted by Crippen LogP contribution is -2.70. The van der Waals surface area contributed by atoms with E-state index < -0.39 is 43.5 Å². The van der Waals surface area contributed by atoms with Gasteiger partial charge in [-0.05, 0) is 31.0 Å². The van der Waals surface area contributed by atoms with Crippen molar-refractivity contribution in [3.8, 4) is 28.5 Å². The number of methoxy groups -OCH3 is 1. The maximum absolute atomic E-state index is 13.2. The van der Waals surface area contributed by atoms with Gasteiger partial charge in [0, 0.05) is 43.5 Å². The van der Waals surface area contributed by atoms with E-state index in [1.54, 1.807) is 22.7 Å². The Morgan fingerprint density at radius 3 is 2.56 bits per heavy atom. The highest BCUT2D eigenvalue weighted by atomic mass is 19.4. The number of aliphatic hydroxyl groups excluding tert-OH is 1. The van der Waals surface area contributed by atoms with E-state index >= 15 is 0 Å². The topological polar surface area (TPSA) is 118 Å². The van der Waals surface area contributed by atoms with Crippen LogP contribution in [0.2, 0.25) is 0 Å². The largest absolute Gasteiger partial charge is 0.496 e. The number of pyridine rings is 1. The molecule has 1 aliphatic heterocycles. The number of nitrogens with zero attached hydrogens (tertiary/aromatic N) is 3. The number of aromatic nitrogens is 2. The summed E-state index contributed by atoms with van der Waals surface area (Å²) in [6.45, 7) is -4.78. The average molecular weight is 587 g/mol. The molecule has 3 aromatic rings. The molecule has 1 aliphatic carbocycles. The molecular weight excluding hydrogens is 559 g/mol. The van der Waals surface area contributed by atoms with Crippen LogP contribution in [0.4, 0.5) is 22.0 Å². The monoisotopic (exact) mass is 586 g/mol. The molecule has 1 unspecified atom stereocenters. The van der Waals surface area contributed by atoms with Crippen molar-refractivity contribution in [3.63, 3.8) is 0 Å². The third-order valence-corrected chi connectivity index (χ3v) is 6.83. The van der Waals surface area contributed by atoms with Crippen molar-refractivity contribution in [1.29, 1.82) is 0 Å². The highest BCUT2D eigenvalue weighted by Gasteiger charge is 2.60. The quantitative estimate of drug-likeness (QED) is 0.294. The summed E-state index contributed by atoms with van der Waals surface area (Å²) < 4.78 is 82.1. The van der Waals surface area contributed by atoms with E-state index in [2.05, 4.69) is 15.0 Å². The van der Waals surface area contributed by atoms with E-state index in [0.717, 1.165) is 12.8 Å². The number of β-amino-alcohol motifs (C(OH)–C–C–N with tert-alkyl or cyclic N) is 2. The molecule has 1 saturated carbocycles. The summed E-state index contributed by atoms with van der Waals surface area (Å²) in [5.74, 6) is -0.586. The standard InChI is InChI=1S/C26H27F5N4O6/c1-39-19-6-14(7-20(41-24(27)28)22(19)23(37)33-15-2-3-15)18-9-32-21-8-17(4-5-35(18)21)40-11-16(36)10-34-12-25(38,13-34)26(29,30)31/h4-9,15-16,24,36,38H,2-3,10-13H2,1H3,(H,33,37). The fraction of sp³-hybridized carbons (Fsp3) is 0.462. The Labute approximate surface area is 230 Å². The number of hydrogen-bond donors (Lipinski definition) is 3. The zero-order valence-corrected chi connectivity index (χ0v) is 21.7. The molecule has 0 radical (unpaired) electrons. The lowest BCUT2D eigenvalue weighted by atomic mass is 9.93. The second-order valence-corrected chi connectivity index (χ2v) is 10.1. The van der Waals surface area contributed by atoms with Gasteiger partial charge in [0.1, 0.15) is 41.2 Å². The summed E-state index contributed by atoms with van der Waals surface area (Å²) in [6, 6.07) is 5.90. The summed E-state index contributed by atoms with van der Waals surface area (Å²) in [4.78, 5) is 18.3. The lowest BCUT2D eigenvalue weighted by Gasteiger charge is -2.47. The first-order valence-corrected chi connectivity index (χ1v) is 12.6. The number of carbonyl (C=O) groups is 1. The molecule has 41 heavy (non-hydrogen) atoms. The van der Waals surface area contributed by atoms with Crippen molar-refractivity contribution in [1.82, 2.24) is 19.6 Å². The van der Waals surface area contributed by atoms with Gasteiger partial charge in [0.15, 0.2) is 5.60 Å². The molecule has 2 fully saturated rings. The minimum atomic E-state index is -4.74. The zero-order chi connectivity index (χ0) is 29.5. The van der Waals surface area contributed by atoms with Gasteiger partial charge >= 0.3 is 12.8 Å². The van der Waals surface area contributed by atoms with Gasteiger partial charge in [-0.25, -0.2) is 4.98 Å². The first-order chi connectivity index (χ1) is 19.4. The Morgan fingerprint density at radius 2 is 1.93 bits per heavy atom. The number of halogens is 5. The number of nitrogens with one attached hydrogen (secondary N) is 1. The third-order valence-electron chi connectivity index (χ3n) is 6.83. The van der Waals surface area contributed by atoms with Gasteiger partial charge in [-0.15, -0.1) is 0 Å². The number of benzene rings is 1. The highest BCUT2D eigenvalue weighted by molar-refractivity contribution is 6.01. The SMILES string of the molecule is COc1cc(-c2cnc3cc(OCC(O)CN4CC(O)(C(F)(F)F)C4)ccn23)cc(OC(F)F)c1C(=O)NC1CC1. The molecule has 0 spiro atoms. The van der Waals surface area contributed by atoms with Gasteiger partial charge in [0.25, 0.3) is 5.91 Å². The maximum atomic E-state index is 13.2. The zero-order valence-electron chi connectivity index (χ0n) is 21.7. The van der Waals surface area contributed by atoms with Crippen LogP contribution < -0.4 is 19.5 Å². The van der Waals surface area contributed by atoms with Crippen molar-refractivity contribution in [2.45, 2.75) is 43.4 Å². The molecule has 1 atom stereocenters. The normalized spacial score (nSPS) is 17.8. The molecule has 0 bridgehead atoms. The Balaban J connectivity index is 1.30. The molecule has 3 heterocycles. The van der Waals surface area contributed by atoms with Crippen LogP contribution in [0.25, 0.3) is 16.9 Å². The number of likely N-dealkylation sites (tertiary alicyclic amines) is 1. The fourth-order valence-electron chi connectivity index (χ4n) is 4.61. The average Bonchev–Trinajstić information content (AvgIpc) is 3.59. The predicted molar refractivity (Wildman–Crippen MR) is 133 cm³/mol. The maximum Gasteiger partial charge on any atom is 0.419 e. The van der Waals surface area contributed by atoms with Crippen LogP contribution in [0.3, 0.4) is 0 Å². The number of alkyl halides is 5. The third kappa shape index (κ3) is 6.16. The van der Waals surface area contributed by atoms with Crippen molar-refractivity contribution in [2.75, 3.05) is 33.4 Å². The summed E-state index contributed by atoms with van der Waals surface area (Å²) in [7, 11) is 1.31. The molecule has 1 saturated heterocycles. The van der Waals surface area contributed by atoms with Crippen LogP contribution in [0, 0.1) is 0 Å². The predicted octanol–water partition coefficient (Wildman–Crippen LogP) is 2.85. The van der Waals surface area contributed by atoms with Gasteiger partial charge < -0.3 is 29.7 Å². The van der Waals surface area contributed by atoms with E-state index in [4.69, 9.17) is 9.47 Å². The Hall–Kier alpha value is -3.69. The van der Waals surface area contributed by atoms with Crippen LogP contribution >= 0.6 is 0 Å². The molecule has 5 rings (SSSR count). The summed E-state index contributed by atoms with van der Waals surface area (Å²) in [5, 5.41) is 22.4. The van der Waals surface area contributed by atoms with Crippen molar-refractivity contribution < 1.29 is 51.2 Å². The van der Waals surface area contributed by atoms with E-state index in [1.165, 1.54) is 30.3 Å². The molecule has 15 heteroatoms. The molecule has 2 aliphatic rings. The van der Waals surface area contributed by atoms with E-state index in [9.17, 15) is 37.0 Å². The highest BCUT2D eigenvalue weighted by Crippen LogP contribution is 2.38. The van der Waals surface area contributed by atoms with E-state index in [1.807, 2.05) is 0 Å². The van der Waals surface area contributed by atoms with Crippen LogP contribution in [0.15, 0.2) is 36.7 Å². The van der Waals surface area contributed by atoms with E-state index in [0.29, 0.717) is 22.7 Å². The molecule has 10 nitrogen and oxygen atoms in total. The van der Waals surface area contributed by atoms with Crippen molar-refractivity contribution >= 4 is 11.6 Å². The smallest absolute Gasteiger partial charge is 0.419 e. The number of hydrogen-bond acceptors (Lipinski definition) is 8. The molecular formula is C26H27F5N4O6. The van der Waals surface area contributed by atoms with Gasteiger partial charge in [-0.1, -0.05) is 0 Å². The summed E-state index contributed by atoms with van der Waals surface area (Å²) in [5.41, 5.74) is -1.67. The molecule has 222 valence electrons. The Kier molecular flexibility index (Phi) is 7.70. The Bertz CT molecular complexity index is 1420. The number of fused-ring (bicyclic) bond motifs is 1. The van der Waals surface area contributed by atoms with Crippen LogP contribution in [-0.4, -0.2) is 94.3 Å². The lowest BCUT2D eigenvalue weighted by molar-refractivity contribution is -0.303. The second kappa shape index (κ2) is 10.9. The second-order valence-electron chi connectivity index (χ2n) is 10.1.